The van der Waals surface area contributed by atoms with Gasteiger partial charge in [0.2, 0.25) is 0 Å². The molecule has 1 atom stereocenters. The maximum absolute atomic E-state index is 13.2. The average Bonchev–Trinajstić information content (AvgIpc) is 2.87. The first-order chi connectivity index (χ1) is 18.4. The van der Waals surface area contributed by atoms with E-state index in [0.717, 1.165) is 34.4 Å². The zero-order valence-corrected chi connectivity index (χ0v) is 24.4. The summed E-state index contributed by atoms with van der Waals surface area (Å²) in [4.78, 5) is 15.5. The Kier molecular flexibility index (Phi) is 8.54. The van der Waals surface area contributed by atoms with Crippen LogP contribution in [0, 0.1) is 0 Å². The number of fused-ring (bicyclic) bond motifs is 1. The number of hydrogen-bond acceptors (Lipinski definition) is 3. The molecule has 0 saturated heterocycles. The van der Waals surface area contributed by atoms with E-state index in [1.54, 1.807) is 12.1 Å². The molecule has 0 aliphatic heterocycles. The third-order valence-electron chi connectivity index (χ3n) is 6.74. The molecule has 6 nitrogen and oxygen atoms in total. The summed E-state index contributed by atoms with van der Waals surface area (Å²) >= 11 is 0. The van der Waals surface area contributed by atoms with E-state index in [2.05, 4.69) is 79.8 Å². The molecule has 0 heterocycles. The number of rotatable bonds is 7. The monoisotopic (exact) mass is 542 g/mol. The molecule has 4 aromatic rings. The SMILES string of the molecule is CC(C)c1cc(-c2ccc3ccccc3c2)cc(C(C)C)c1NC(=O)N=S(N)(=O)c1ccc(CN(C)C)cc1. The summed E-state index contributed by atoms with van der Waals surface area (Å²) in [7, 11) is 0.540. The maximum Gasteiger partial charge on any atom is 0.354 e. The van der Waals surface area contributed by atoms with Crippen LogP contribution < -0.4 is 10.5 Å². The Morgan fingerprint density at radius 2 is 1.44 bits per heavy atom. The fraction of sp³-hybridized carbons (Fsp3) is 0.281. The second kappa shape index (κ2) is 11.7. The highest BCUT2D eigenvalue weighted by Gasteiger charge is 2.20. The summed E-state index contributed by atoms with van der Waals surface area (Å²) in [6.07, 6.45) is 0. The zero-order valence-electron chi connectivity index (χ0n) is 23.6. The second-order valence-electron chi connectivity index (χ2n) is 10.9. The van der Waals surface area contributed by atoms with Gasteiger partial charge in [0.15, 0.2) is 0 Å². The van der Waals surface area contributed by atoms with Gasteiger partial charge in [-0.1, -0.05) is 76.2 Å². The predicted molar refractivity (Wildman–Crippen MR) is 163 cm³/mol. The number of benzene rings is 4. The van der Waals surface area contributed by atoms with Crippen LogP contribution in [0.5, 0.6) is 0 Å². The first-order valence-electron chi connectivity index (χ1n) is 13.2. The second-order valence-corrected chi connectivity index (χ2v) is 12.7. The van der Waals surface area contributed by atoms with Crippen LogP contribution in [-0.2, 0) is 16.5 Å². The quantitative estimate of drug-likeness (QED) is 0.250. The average molecular weight is 543 g/mol. The van der Waals surface area contributed by atoms with Crippen LogP contribution in [0.25, 0.3) is 21.9 Å². The minimum absolute atomic E-state index is 0.129. The third-order valence-corrected chi connectivity index (χ3v) is 8.12. The van der Waals surface area contributed by atoms with Gasteiger partial charge in [0.25, 0.3) is 0 Å². The van der Waals surface area contributed by atoms with Crippen LogP contribution in [0.1, 0.15) is 56.2 Å². The molecule has 0 aliphatic rings. The molecule has 3 N–H and O–H groups in total. The van der Waals surface area contributed by atoms with E-state index in [-0.39, 0.29) is 11.8 Å². The Hall–Kier alpha value is -3.52. The van der Waals surface area contributed by atoms with Crippen molar-refractivity contribution < 1.29 is 9.00 Å². The number of carbonyl (C=O) groups excluding carboxylic acids is 1. The minimum Gasteiger partial charge on any atom is -0.305 e. The Balaban J connectivity index is 1.71. The summed E-state index contributed by atoms with van der Waals surface area (Å²) in [5, 5.41) is 11.4. The van der Waals surface area contributed by atoms with E-state index in [0.29, 0.717) is 10.6 Å². The summed E-state index contributed by atoms with van der Waals surface area (Å²) < 4.78 is 17.2. The number of urea groups is 1. The van der Waals surface area contributed by atoms with E-state index in [9.17, 15) is 9.00 Å². The van der Waals surface area contributed by atoms with Gasteiger partial charge in [0.05, 0.1) is 4.90 Å². The molecule has 204 valence electrons. The molecule has 7 heteroatoms. The topological polar surface area (TPSA) is 87.8 Å². The molecule has 1 unspecified atom stereocenters. The van der Waals surface area contributed by atoms with Crippen LogP contribution in [0.3, 0.4) is 0 Å². The van der Waals surface area contributed by atoms with E-state index in [4.69, 9.17) is 5.14 Å². The first-order valence-corrected chi connectivity index (χ1v) is 14.8. The van der Waals surface area contributed by atoms with Gasteiger partial charge < -0.3 is 10.2 Å². The molecule has 2 amide bonds. The lowest BCUT2D eigenvalue weighted by molar-refractivity contribution is 0.260. The van der Waals surface area contributed by atoms with Gasteiger partial charge in [-0.3, -0.25) is 0 Å². The lowest BCUT2D eigenvalue weighted by atomic mass is 9.88. The largest absolute Gasteiger partial charge is 0.354 e. The summed E-state index contributed by atoms with van der Waals surface area (Å²) in [6, 6.07) is 25.4. The van der Waals surface area contributed by atoms with Crippen molar-refractivity contribution in [2.45, 2.75) is 51.0 Å². The van der Waals surface area contributed by atoms with Gasteiger partial charge in [0, 0.05) is 12.2 Å². The highest BCUT2D eigenvalue weighted by atomic mass is 32.2. The van der Waals surface area contributed by atoms with Crippen LogP contribution >= 0.6 is 0 Å². The molecule has 0 fully saturated rings. The molecule has 0 aromatic heterocycles. The molecular weight excluding hydrogens is 504 g/mol. The number of nitrogens with one attached hydrogen (secondary N) is 1. The number of hydrogen-bond donors (Lipinski definition) is 2. The van der Waals surface area contributed by atoms with Gasteiger partial charge in [-0.25, -0.2) is 14.1 Å². The first kappa shape index (κ1) is 28.5. The van der Waals surface area contributed by atoms with Gasteiger partial charge in [-0.2, -0.15) is 0 Å². The highest BCUT2D eigenvalue weighted by molar-refractivity contribution is 7.91. The van der Waals surface area contributed by atoms with Gasteiger partial charge >= 0.3 is 6.03 Å². The van der Waals surface area contributed by atoms with Gasteiger partial charge in [0.1, 0.15) is 9.92 Å². The Morgan fingerprint density at radius 3 is 2.00 bits per heavy atom. The number of nitrogens with two attached hydrogens (primary N) is 1. The highest BCUT2D eigenvalue weighted by Crippen LogP contribution is 2.38. The van der Waals surface area contributed by atoms with Crippen LogP contribution in [0.4, 0.5) is 10.5 Å². The predicted octanol–water partition coefficient (Wildman–Crippen LogP) is 7.75. The van der Waals surface area contributed by atoms with E-state index in [1.165, 1.54) is 10.8 Å². The Labute approximate surface area is 232 Å². The summed E-state index contributed by atoms with van der Waals surface area (Å²) in [5.74, 6) is 0.259. The molecule has 4 aromatic carbocycles. The number of amides is 2. The lowest BCUT2D eigenvalue weighted by Crippen LogP contribution is -2.19. The van der Waals surface area contributed by atoms with Crippen molar-refractivity contribution in [1.29, 1.82) is 0 Å². The van der Waals surface area contributed by atoms with Crippen molar-refractivity contribution >= 4 is 32.4 Å². The van der Waals surface area contributed by atoms with Crippen molar-refractivity contribution in [1.82, 2.24) is 4.90 Å². The molecule has 4 rings (SSSR count). The van der Waals surface area contributed by atoms with Crippen LogP contribution in [0.15, 0.2) is 88.1 Å². The summed E-state index contributed by atoms with van der Waals surface area (Å²) in [5.41, 5.74) is 5.94. The van der Waals surface area contributed by atoms with Crippen LogP contribution in [-0.4, -0.2) is 29.2 Å². The van der Waals surface area contributed by atoms with Crippen molar-refractivity contribution in [3.05, 3.63) is 95.6 Å². The molecular formula is C32H38N4O2S. The zero-order chi connectivity index (χ0) is 28.3. The molecule has 0 bridgehead atoms. The molecule has 0 saturated carbocycles. The Bertz CT molecular complexity index is 1590. The standard InChI is InChI=1S/C32H38N4O2S/c1-21(2)29-18-27(26-14-13-24-9-7-8-10-25(24)17-26)19-30(22(3)4)31(29)34-32(37)35-39(33,38)28-15-11-23(12-16-28)20-36(5)6/h7-19,21-22H,20H2,1-6H3,(H3,33,34,35,37,38). The van der Waals surface area contributed by atoms with Gasteiger partial charge in [-0.05, 0) is 94.9 Å². The number of nitrogens with zero attached hydrogens (tertiary/aromatic N) is 2. The van der Waals surface area contributed by atoms with E-state index < -0.39 is 15.9 Å². The third kappa shape index (κ3) is 6.74. The fourth-order valence-corrected chi connectivity index (χ4v) is 5.66. The molecule has 0 spiro atoms. The van der Waals surface area contributed by atoms with Gasteiger partial charge in [-0.15, -0.1) is 4.36 Å². The molecule has 39 heavy (non-hydrogen) atoms. The van der Waals surface area contributed by atoms with Crippen molar-refractivity contribution in [3.8, 4) is 11.1 Å². The van der Waals surface area contributed by atoms with E-state index in [1.807, 2.05) is 43.3 Å². The molecule has 0 radical (unpaired) electrons. The smallest absolute Gasteiger partial charge is 0.305 e. The summed E-state index contributed by atoms with van der Waals surface area (Å²) in [6.45, 7) is 9.12. The lowest BCUT2D eigenvalue weighted by Gasteiger charge is -2.22. The number of anilines is 1. The fourth-order valence-electron chi connectivity index (χ4n) is 4.74. The molecule has 0 aliphatic carbocycles. The van der Waals surface area contributed by atoms with E-state index >= 15 is 0 Å². The van der Waals surface area contributed by atoms with Crippen molar-refractivity contribution in [2.24, 2.45) is 9.50 Å². The maximum atomic E-state index is 13.2. The minimum atomic E-state index is -3.41. The van der Waals surface area contributed by atoms with Crippen molar-refractivity contribution in [2.75, 3.05) is 19.4 Å². The number of carbonyl (C=O) groups is 1. The normalized spacial score (nSPS) is 13.2. The van der Waals surface area contributed by atoms with Crippen LogP contribution in [0.2, 0.25) is 0 Å². The van der Waals surface area contributed by atoms with Crippen molar-refractivity contribution in [3.63, 3.8) is 0 Å². The Morgan fingerprint density at radius 1 is 0.846 bits per heavy atom.